The first-order valence-electron chi connectivity index (χ1n) is 6.48. The molecule has 1 aliphatic carbocycles. The van der Waals surface area contributed by atoms with E-state index in [-0.39, 0.29) is 5.82 Å². The molecule has 0 bridgehead atoms. The first-order valence-corrected chi connectivity index (χ1v) is 6.48. The minimum Gasteiger partial charge on any atom is -0.307 e. The first-order chi connectivity index (χ1) is 7.96. The Morgan fingerprint density at radius 3 is 2.47 bits per heavy atom. The Kier molecular flexibility index (Phi) is 3.53. The minimum absolute atomic E-state index is 0.164. The van der Waals surface area contributed by atoms with Crippen LogP contribution in [-0.2, 0) is 0 Å². The average molecular weight is 235 g/mol. The van der Waals surface area contributed by atoms with Crippen molar-refractivity contribution in [1.82, 2.24) is 5.32 Å². The maximum atomic E-state index is 12.8. The Hall–Kier alpha value is -0.890. The van der Waals surface area contributed by atoms with Gasteiger partial charge in [0.2, 0.25) is 0 Å². The summed E-state index contributed by atoms with van der Waals surface area (Å²) in [6, 6.07) is 7.71. The summed E-state index contributed by atoms with van der Waals surface area (Å²) in [6.07, 6.45) is 3.78. The van der Waals surface area contributed by atoms with Crippen molar-refractivity contribution in [1.29, 1.82) is 0 Å². The van der Waals surface area contributed by atoms with Gasteiger partial charge >= 0.3 is 0 Å². The summed E-state index contributed by atoms with van der Waals surface area (Å²) in [4.78, 5) is 0. The topological polar surface area (TPSA) is 12.0 Å². The van der Waals surface area contributed by atoms with Crippen LogP contribution in [0.4, 0.5) is 4.39 Å². The van der Waals surface area contributed by atoms with E-state index in [1.165, 1.54) is 31.4 Å². The van der Waals surface area contributed by atoms with Crippen molar-refractivity contribution >= 4 is 0 Å². The number of benzene rings is 1. The molecule has 0 spiro atoms. The zero-order valence-electron chi connectivity index (χ0n) is 11.0. The number of halogens is 1. The maximum absolute atomic E-state index is 12.8. The van der Waals surface area contributed by atoms with E-state index in [9.17, 15) is 4.39 Å². The van der Waals surface area contributed by atoms with Crippen molar-refractivity contribution in [3.8, 4) is 0 Å². The van der Waals surface area contributed by atoms with E-state index < -0.39 is 0 Å². The Morgan fingerprint density at radius 2 is 1.94 bits per heavy atom. The Balaban J connectivity index is 1.93. The van der Waals surface area contributed by atoms with Crippen LogP contribution in [0, 0.1) is 11.2 Å². The van der Waals surface area contributed by atoms with Gasteiger partial charge in [-0.05, 0) is 49.3 Å². The second-order valence-electron chi connectivity index (χ2n) is 6.04. The molecule has 1 unspecified atom stereocenters. The van der Waals surface area contributed by atoms with Crippen LogP contribution >= 0.6 is 0 Å². The fourth-order valence-electron chi connectivity index (χ4n) is 2.78. The van der Waals surface area contributed by atoms with E-state index in [4.69, 9.17) is 0 Å². The molecule has 0 radical (unpaired) electrons. The lowest BCUT2D eigenvalue weighted by molar-refractivity contribution is 0.356. The smallest absolute Gasteiger partial charge is 0.123 e. The van der Waals surface area contributed by atoms with Crippen molar-refractivity contribution < 1.29 is 4.39 Å². The molecule has 2 heteroatoms. The third-order valence-corrected chi connectivity index (χ3v) is 3.82. The molecular formula is C15H22FN. The van der Waals surface area contributed by atoms with Gasteiger partial charge in [0.1, 0.15) is 5.82 Å². The number of rotatable bonds is 3. The maximum Gasteiger partial charge on any atom is 0.123 e. The number of hydrogen-bond acceptors (Lipinski definition) is 1. The summed E-state index contributed by atoms with van der Waals surface area (Å²) in [5, 5.41) is 3.65. The Bertz CT molecular complexity index is 369. The molecule has 2 rings (SSSR count). The quantitative estimate of drug-likeness (QED) is 0.833. The Morgan fingerprint density at radius 1 is 1.29 bits per heavy atom. The van der Waals surface area contributed by atoms with E-state index in [1.54, 1.807) is 0 Å². The lowest BCUT2D eigenvalue weighted by Gasteiger charge is -2.22. The molecule has 1 N–H and O–H groups in total. The van der Waals surface area contributed by atoms with Gasteiger partial charge in [-0.3, -0.25) is 0 Å². The molecule has 0 heterocycles. The number of nitrogens with one attached hydrogen (secondary N) is 1. The van der Waals surface area contributed by atoms with Crippen LogP contribution < -0.4 is 5.32 Å². The summed E-state index contributed by atoms with van der Waals surface area (Å²) >= 11 is 0. The molecule has 0 aromatic heterocycles. The Labute approximate surface area is 103 Å². The number of hydrogen-bond donors (Lipinski definition) is 1. The molecule has 0 aliphatic heterocycles. The van der Waals surface area contributed by atoms with Crippen LogP contribution in [0.2, 0.25) is 0 Å². The summed E-state index contributed by atoms with van der Waals surface area (Å²) in [5.74, 6) is -0.164. The zero-order chi connectivity index (χ0) is 12.5. The second kappa shape index (κ2) is 4.77. The lowest BCUT2D eigenvalue weighted by atomic mass is 9.91. The van der Waals surface area contributed by atoms with Crippen molar-refractivity contribution in [3.05, 3.63) is 35.6 Å². The molecule has 0 saturated heterocycles. The van der Waals surface area contributed by atoms with Gasteiger partial charge in [-0.1, -0.05) is 26.0 Å². The van der Waals surface area contributed by atoms with Crippen LogP contribution in [0.25, 0.3) is 0 Å². The van der Waals surface area contributed by atoms with Crippen molar-refractivity contribution in [3.63, 3.8) is 0 Å². The van der Waals surface area contributed by atoms with E-state index >= 15 is 0 Å². The molecule has 1 fully saturated rings. The molecular weight excluding hydrogens is 213 g/mol. The average Bonchev–Trinajstić information content (AvgIpc) is 2.59. The first kappa shape index (κ1) is 12.6. The third-order valence-electron chi connectivity index (χ3n) is 3.82. The van der Waals surface area contributed by atoms with Gasteiger partial charge in [-0.15, -0.1) is 0 Å². The van der Waals surface area contributed by atoms with Gasteiger partial charge in [0.25, 0.3) is 0 Å². The highest BCUT2D eigenvalue weighted by molar-refractivity contribution is 5.19. The summed E-state index contributed by atoms with van der Waals surface area (Å²) in [7, 11) is 0. The fraction of sp³-hybridized carbons (Fsp3) is 0.600. The molecule has 1 saturated carbocycles. The van der Waals surface area contributed by atoms with Gasteiger partial charge in [0, 0.05) is 12.1 Å². The van der Waals surface area contributed by atoms with Crippen molar-refractivity contribution in [2.75, 3.05) is 0 Å². The highest BCUT2D eigenvalue weighted by atomic mass is 19.1. The molecule has 17 heavy (non-hydrogen) atoms. The van der Waals surface area contributed by atoms with Crippen molar-refractivity contribution in [2.45, 2.75) is 52.1 Å². The van der Waals surface area contributed by atoms with Crippen LogP contribution in [0.5, 0.6) is 0 Å². The van der Waals surface area contributed by atoms with Crippen LogP contribution in [0.15, 0.2) is 24.3 Å². The van der Waals surface area contributed by atoms with E-state index in [0.29, 0.717) is 17.5 Å². The minimum atomic E-state index is -0.164. The van der Waals surface area contributed by atoms with E-state index in [2.05, 4.69) is 26.1 Å². The van der Waals surface area contributed by atoms with E-state index in [1.807, 2.05) is 12.1 Å². The predicted molar refractivity (Wildman–Crippen MR) is 69.4 cm³/mol. The third kappa shape index (κ3) is 3.29. The van der Waals surface area contributed by atoms with Crippen LogP contribution in [0.1, 0.15) is 51.6 Å². The van der Waals surface area contributed by atoms with E-state index in [0.717, 1.165) is 5.56 Å². The van der Waals surface area contributed by atoms with Gasteiger partial charge in [0.05, 0.1) is 0 Å². The largest absolute Gasteiger partial charge is 0.307 e. The predicted octanol–water partition coefficient (Wildman–Crippen LogP) is 4.06. The zero-order valence-corrected chi connectivity index (χ0v) is 11.0. The highest BCUT2D eigenvalue weighted by Gasteiger charge is 2.31. The van der Waals surface area contributed by atoms with Crippen LogP contribution in [-0.4, -0.2) is 6.04 Å². The molecule has 1 aromatic rings. The molecule has 0 amide bonds. The van der Waals surface area contributed by atoms with Gasteiger partial charge in [0.15, 0.2) is 0 Å². The normalized spacial score (nSPS) is 24.8. The molecule has 94 valence electrons. The monoisotopic (exact) mass is 235 g/mol. The van der Waals surface area contributed by atoms with Crippen molar-refractivity contribution in [2.24, 2.45) is 5.41 Å². The second-order valence-corrected chi connectivity index (χ2v) is 6.04. The molecule has 1 aromatic carbocycles. The fourth-order valence-corrected chi connectivity index (χ4v) is 2.78. The van der Waals surface area contributed by atoms with Gasteiger partial charge in [-0.25, -0.2) is 4.39 Å². The summed E-state index contributed by atoms with van der Waals surface area (Å²) < 4.78 is 12.8. The molecule has 1 aliphatic rings. The summed E-state index contributed by atoms with van der Waals surface area (Å²) in [6.45, 7) is 6.81. The lowest BCUT2D eigenvalue weighted by Crippen LogP contribution is -2.30. The molecule has 1 nitrogen and oxygen atoms in total. The highest BCUT2D eigenvalue weighted by Crippen LogP contribution is 2.37. The SMILES string of the molecule is C[C@@H](NC1CCC(C)(C)C1)c1ccc(F)cc1. The molecule has 2 atom stereocenters. The van der Waals surface area contributed by atoms with Gasteiger partial charge < -0.3 is 5.32 Å². The summed E-state index contributed by atoms with van der Waals surface area (Å²) in [5.41, 5.74) is 1.64. The standard InChI is InChI=1S/C15H22FN/c1-11(12-4-6-13(16)7-5-12)17-14-8-9-15(2,3)10-14/h4-7,11,14,17H,8-10H2,1-3H3/t11-,14?/m1/s1. The van der Waals surface area contributed by atoms with Crippen LogP contribution in [0.3, 0.4) is 0 Å². The van der Waals surface area contributed by atoms with Gasteiger partial charge in [-0.2, -0.15) is 0 Å².